The standard InChI is InChI=1S/C7H10O6S/c8-6(9)5(7(10)11)4-2-1-3-14(4,12)13/h4-5H,1-3H2,(H,8,9)(H,10,11). The minimum Gasteiger partial charge on any atom is -0.481 e. The zero-order valence-electron chi connectivity index (χ0n) is 7.21. The molecule has 0 aromatic heterocycles. The molecule has 1 aliphatic rings. The van der Waals surface area contributed by atoms with Gasteiger partial charge in [0, 0.05) is 0 Å². The molecule has 0 aromatic rings. The summed E-state index contributed by atoms with van der Waals surface area (Å²) < 4.78 is 22.6. The van der Waals surface area contributed by atoms with Crippen molar-refractivity contribution in [1.82, 2.24) is 0 Å². The summed E-state index contributed by atoms with van der Waals surface area (Å²) in [6.45, 7) is 0. The molecule has 1 fully saturated rings. The van der Waals surface area contributed by atoms with Crippen molar-refractivity contribution in [3.8, 4) is 0 Å². The van der Waals surface area contributed by atoms with Gasteiger partial charge >= 0.3 is 11.9 Å². The molecule has 80 valence electrons. The maximum atomic E-state index is 11.3. The normalized spacial score (nSPS) is 25.1. The Morgan fingerprint density at radius 2 is 1.71 bits per heavy atom. The predicted octanol–water partition coefficient (Wildman–Crippen LogP) is -0.651. The Labute approximate surface area is 80.5 Å². The molecule has 1 rings (SSSR count). The predicted molar refractivity (Wildman–Crippen MR) is 45.6 cm³/mol. The molecular weight excluding hydrogens is 212 g/mol. The Kier molecular flexibility index (Phi) is 2.79. The molecule has 14 heavy (non-hydrogen) atoms. The first kappa shape index (κ1) is 11.0. The van der Waals surface area contributed by atoms with Crippen molar-refractivity contribution in [2.45, 2.75) is 18.1 Å². The highest BCUT2D eigenvalue weighted by Crippen LogP contribution is 2.27. The Morgan fingerprint density at radius 1 is 1.21 bits per heavy atom. The van der Waals surface area contributed by atoms with E-state index in [0.717, 1.165) is 0 Å². The lowest BCUT2D eigenvalue weighted by atomic mass is 10.0. The van der Waals surface area contributed by atoms with Gasteiger partial charge in [-0.05, 0) is 12.8 Å². The number of sulfone groups is 1. The second kappa shape index (κ2) is 3.56. The van der Waals surface area contributed by atoms with Crippen molar-refractivity contribution in [2.24, 2.45) is 5.92 Å². The second-order valence-corrected chi connectivity index (χ2v) is 5.54. The van der Waals surface area contributed by atoms with Crippen molar-refractivity contribution in [1.29, 1.82) is 0 Å². The van der Waals surface area contributed by atoms with E-state index >= 15 is 0 Å². The highest BCUT2D eigenvalue weighted by atomic mass is 32.2. The molecule has 1 aliphatic heterocycles. The first-order valence-corrected chi connectivity index (χ1v) is 5.75. The van der Waals surface area contributed by atoms with Crippen LogP contribution in [0.4, 0.5) is 0 Å². The number of carbonyl (C=O) groups is 2. The monoisotopic (exact) mass is 222 g/mol. The Morgan fingerprint density at radius 3 is 2.00 bits per heavy atom. The van der Waals surface area contributed by atoms with Gasteiger partial charge in [0.1, 0.15) is 0 Å². The molecule has 1 saturated heterocycles. The van der Waals surface area contributed by atoms with Crippen LogP contribution in [-0.4, -0.2) is 41.6 Å². The first-order chi connectivity index (χ1) is 6.36. The van der Waals surface area contributed by atoms with Crippen molar-refractivity contribution >= 4 is 21.8 Å². The maximum absolute atomic E-state index is 11.3. The van der Waals surface area contributed by atoms with E-state index in [9.17, 15) is 18.0 Å². The third kappa shape index (κ3) is 1.87. The van der Waals surface area contributed by atoms with E-state index in [2.05, 4.69) is 0 Å². The Bertz CT molecular complexity index is 342. The molecule has 1 unspecified atom stereocenters. The molecular formula is C7H10O6S. The summed E-state index contributed by atoms with van der Waals surface area (Å²) in [6.07, 6.45) is 0.454. The van der Waals surface area contributed by atoms with Gasteiger partial charge in [0.25, 0.3) is 0 Å². The van der Waals surface area contributed by atoms with E-state index in [0.29, 0.717) is 6.42 Å². The molecule has 0 bridgehead atoms. The summed E-state index contributed by atoms with van der Waals surface area (Å²) in [5.74, 6) is -5.13. The van der Waals surface area contributed by atoms with Crippen LogP contribution < -0.4 is 0 Å². The molecule has 0 aromatic carbocycles. The van der Waals surface area contributed by atoms with Gasteiger partial charge < -0.3 is 10.2 Å². The van der Waals surface area contributed by atoms with Gasteiger partial charge in [0.05, 0.1) is 11.0 Å². The third-order valence-corrected chi connectivity index (χ3v) is 4.57. The van der Waals surface area contributed by atoms with E-state index in [1.807, 2.05) is 0 Å². The summed E-state index contributed by atoms with van der Waals surface area (Å²) in [5, 5.41) is 15.9. The summed E-state index contributed by atoms with van der Waals surface area (Å²) >= 11 is 0. The van der Waals surface area contributed by atoms with E-state index in [4.69, 9.17) is 10.2 Å². The summed E-state index contributed by atoms with van der Waals surface area (Å²) in [4.78, 5) is 21.1. The number of carboxylic acids is 2. The van der Waals surface area contributed by atoms with Crippen molar-refractivity contribution < 1.29 is 28.2 Å². The number of aliphatic carboxylic acids is 2. The summed E-state index contributed by atoms with van der Waals surface area (Å²) in [5.41, 5.74) is 0. The SMILES string of the molecule is O=C(O)C(C(=O)O)C1CCCS1(=O)=O. The lowest BCUT2D eigenvalue weighted by Crippen LogP contribution is -2.37. The van der Waals surface area contributed by atoms with E-state index in [-0.39, 0.29) is 12.2 Å². The van der Waals surface area contributed by atoms with Gasteiger partial charge in [-0.2, -0.15) is 0 Å². The minimum atomic E-state index is -3.54. The van der Waals surface area contributed by atoms with Crippen LogP contribution in [0.2, 0.25) is 0 Å². The molecule has 0 aliphatic carbocycles. The Balaban J connectivity index is 3.01. The van der Waals surface area contributed by atoms with E-state index < -0.39 is 32.9 Å². The molecule has 1 heterocycles. The fourth-order valence-electron chi connectivity index (χ4n) is 1.61. The average molecular weight is 222 g/mol. The third-order valence-electron chi connectivity index (χ3n) is 2.28. The minimum absolute atomic E-state index is 0.116. The van der Waals surface area contributed by atoms with Crippen LogP contribution >= 0.6 is 0 Å². The van der Waals surface area contributed by atoms with Crippen LogP contribution in [0.1, 0.15) is 12.8 Å². The van der Waals surface area contributed by atoms with Crippen molar-refractivity contribution in [3.63, 3.8) is 0 Å². The fourth-order valence-corrected chi connectivity index (χ4v) is 3.66. The van der Waals surface area contributed by atoms with Crippen molar-refractivity contribution in [2.75, 3.05) is 5.75 Å². The number of rotatable bonds is 3. The lowest BCUT2D eigenvalue weighted by molar-refractivity contribution is -0.154. The zero-order chi connectivity index (χ0) is 10.9. The molecule has 0 saturated carbocycles. The smallest absolute Gasteiger partial charge is 0.319 e. The largest absolute Gasteiger partial charge is 0.481 e. The summed E-state index contributed by atoms with van der Waals surface area (Å²) in [7, 11) is -3.54. The van der Waals surface area contributed by atoms with Gasteiger partial charge in [0.2, 0.25) is 0 Å². The highest BCUT2D eigenvalue weighted by Gasteiger charge is 2.45. The van der Waals surface area contributed by atoms with Gasteiger partial charge in [-0.15, -0.1) is 0 Å². The van der Waals surface area contributed by atoms with Gasteiger partial charge in [-0.1, -0.05) is 0 Å². The van der Waals surface area contributed by atoms with Gasteiger partial charge in [-0.25, -0.2) is 8.42 Å². The van der Waals surface area contributed by atoms with Gasteiger partial charge in [-0.3, -0.25) is 9.59 Å². The zero-order valence-corrected chi connectivity index (χ0v) is 8.03. The lowest BCUT2D eigenvalue weighted by Gasteiger charge is -2.13. The first-order valence-electron chi connectivity index (χ1n) is 4.03. The molecule has 0 spiro atoms. The fraction of sp³-hybridized carbons (Fsp3) is 0.714. The molecule has 2 N–H and O–H groups in total. The molecule has 6 nitrogen and oxygen atoms in total. The number of hydrogen-bond acceptors (Lipinski definition) is 4. The van der Waals surface area contributed by atoms with Crippen LogP contribution in [-0.2, 0) is 19.4 Å². The molecule has 0 amide bonds. The molecule has 7 heteroatoms. The van der Waals surface area contributed by atoms with Crippen LogP contribution in [0.15, 0.2) is 0 Å². The average Bonchev–Trinajstić information content (AvgIpc) is 2.29. The molecule has 1 atom stereocenters. The summed E-state index contributed by atoms with van der Waals surface area (Å²) in [6, 6.07) is 0. The maximum Gasteiger partial charge on any atom is 0.319 e. The highest BCUT2D eigenvalue weighted by molar-refractivity contribution is 7.92. The quantitative estimate of drug-likeness (QED) is 0.614. The van der Waals surface area contributed by atoms with Crippen LogP contribution in [0.25, 0.3) is 0 Å². The van der Waals surface area contributed by atoms with Gasteiger partial charge in [0.15, 0.2) is 15.8 Å². The topological polar surface area (TPSA) is 109 Å². The molecule has 0 radical (unpaired) electrons. The second-order valence-electron chi connectivity index (χ2n) is 3.20. The van der Waals surface area contributed by atoms with E-state index in [1.54, 1.807) is 0 Å². The van der Waals surface area contributed by atoms with Crippen LogP contribution in [0, 0.1) is 5.92 Å². The number of hydrogen-bond donors (Lipinski definition) is 2. The number of carboxylic acid groups (broad SMARTS) is 2. The van der Waals surface area contributed by atoms with Crippen LogP contribution in [0.3, 0.4) is 0 Å². The van der Waals surface area contributed by atoms with E-state index in [1.165, 1.54) is 0 Å². The Hall–Kier alpha value is -1.11. The van der Waals surface area contributed by atoms with Crippen molar-refractivity contribution in [3.05, 3.63) is 0 Å². The van der Waals surface area contributed by atoms with Crippen LogP contribution in [0.5, 0.6) is 0 Å².